The fourth-order valence-corrected chi connectivity index (χ4v) is 4.78. The minimum absolute atomic E-state index is 0.244. The number of fused-ring (bicyclic) bond motifs is 1. The molecule has 3 aromatic rings. The van der Waals surface area contributed by atoms with E-state index in [1.807, 2.05) is 30.3 Å². The van der Waals surface area contributed by atoms with Crippen molar-refractivity contribution < 1.29 is 22.6 Å². The Hall–Kier alpha value is -2.85. The standard InChI is InChI=1S/C26H31N3O5S/c1-32-19-33-18-21-15-27-26(28-16-21)22-7-5-20(6-8-22)4-3-13-34-25-10-9-24-17-29(35(2,30)31)12-11-23(24)14-25/h5-10,14-16H,3-4,11-13,17-19H2,1-2H3. The zero-order valence-electron chi connectivity index (χ0n) is 20.1. The molecule has 0 saturated heterocycles. The van der Waals surface area contributed by atoms with Gasteiger partial charge in [0.2, 0.25) is 10.0 Å². The highest BCUT2D eigenvalue weighted by Crippen LogP contribution is 2.25. The lowest BCUT2D eigenvalue weighted by molar-refractivity contribution is -0.0392. The molecule has 0 spiro atoms. The molecule has 0 atom stereocenters. The summed E-state index contributed by atoms with van der Waals surface area (Å²) >= 11 is 0. The van der Waals surface area contributed by atoms with Crippen molar-refractivity contribution >= 4 is 10.0 Å². The Balaban J connectivity index is 1.23. The fraction of sp³-hybridized carbons (Fsp3) is 0.385. The summed E-state index contributed by atoms with van der Waals surface area (Å²) in [6, 6.07) is 14.2. The number of rotatable bonds is 11. The summed E-state index contributed by atoms with van der Waals surface area (Å²) in [5.41, 5.74) is 5.31. The quantitative estimate of drug-likeness (QED) is 0.295. The molecule has 0 unspecified atom stereocenters. The van der Waals surface area contributed by atoms with Crippen molar-refractivity contribution in [1.82, 2.24) is 14.3 Å². The lowest BCUT2D eigenvalue weighted by atomic mass is 10.0. The molecule has 0 bridgehead atoms. The first kappa shape index (κ1) is 25.2. The third-order valence-corrected chi connectivity index (χ3v) is 7.14. The molecular formula is C26H31N3O5S. The van der Waals surface area contributed by atoms with E-state index in [2.05, 4.69) is 22.1 Å². The lowest BCUT2D eigenvalue weighted by Gasteiger charge is -2.27. The van der Waals surface area contributed by atoms with Gasteiger partial charge in [-0.15, -0.1) is 0 Å². The van der Waals surface area contributed by atoms with E-state index in [0.717, 1.165) is 40.8 Å². The molecule has 0 N–H and O–H groups in total. The highest BCUT2D eigenvalue weighted by molar-refractivity contribution is 7.88. The first-order chi connectivity index (χ1) is 16.9. The maximum atomic E-state index is 11.8. The highest BCUT2D eigenvalue weighted by Gasteiger charge is 2.23. The van der Waals surface area contributed by atoms with Crippen LogP contribution in [0.5, 0.6) is 5.75 Å². The van der Waals surface area contributed by atoms with E-state index in [0.29, 0.717) is 38.5 Å². The van der Waals surface area contributed by atoms with Crippen molar-refractivity contribution in [2.75, 3.05) is 33.3 Å². The van der Waals surface area contributed by atoms with E-state index in [4.69, 9.17) is 14.2 Å². The number of ether oxygens (including phenoxy) is 3. The zero-order chi connectivity index (χ0) is 24.7. The molecular weight excluding hydrogens is 466 g/mol. The summed E-state index contributed by atoms with van der Waals surface area (Å²) in [6.45, 7) is 2.23. The SMILES string of the molecule is COCOCc1cnc(-c2ccc(CCCOc3ccc4c(c3)CCN(S(C)(=O)=O)C4)cc2)nc1. The second-order valence-corrected chi connectivity index (χ2v) is 10.6. The summed E-state index contributed by atoms with van der Waals surface area (Å²) in [4.78, 5) is 8.86. The molecule has 1 aromatic heterocycles. The Labute approximate surface area is 206 Å². The van der Waals surface area contributed by atoms with Crippen LogP contribution >= 0.6 is 0 Å². The Kier molecular flexibility index (Phi) is 8.46. The number of hydrogen-bond donors (Lipinski definition) is 0. The average molecular weight is 498 g/mol. The summed E-state index contributed by atoms with van der Waals surface area (Å²) in [7, 11) is -1.57. The van der Waals surface area contributed by atoms with Crippen LogP contribution in [0.3, 0.4) is 0 Å². The van der Waals surface area contributed by atoms with Crippen molar-refractivity contribution in [2.45, 2.75) is 32.4 Å². The molecule has 1 aliphatic rings. The number of benzene rings is 2. The molecule has 0 saturated carbocycles. The highest BCUT2D eigenvalue weighted by atomic mass is 32.2. The second-order valence-electron chi connectivity index (χ2n) is 8.60. The first-order valence-corrected chi connectivity index (χ1v) is 13.4. The van der Waals surface area contributed by atoms with Gasteiger partial charge in [0.05, 0.1) is 19.5 Å². The average Bonchev–Trinajstić information content (AvgIpc) is 2.87. The molecule has 35 heavy (non-hydrogen) atoms. The van der Waals surface area contributed by atoms with Gasteiger partial charge in [0.15, 0.2) is 5.82 Å². The predicted molar refractivity (Wildman–Crippen MR) is 133 cm³/mol. The van der Waals surface area contributed by atoms with Crippen LogP contribution in [0.25, 0.3) is 11.4 Å². The maximum absolute atomic E-state index is 11.8. The Morgan fingerprint density at radius 2 is 1.77 bits per heavy atom. The number of sulfonamides is 1. The van der Waals surface area contributed by atoms with Gasteiger partial charge >= 0.3 is 0 Å². The van der Waals surface area contributed by atoms with Crippen molar-refractivity contribution in [1.29, 1.82) is 0 Å². The van der Waals surface area contributed by atoms with Gasteiger partial charge < -0.3 is 14.2 Å². The van der Waals surface area contributed by atoms with Gasteiger partial charge in [0, 0.05) is 43.7 Å². The van der Waals surface area contributed by atoms with Crippen LogP contribution in [0.2, 0.25) is 0 Å². The Bertz CT molecular complexity index is 1210. The summed E-state index contributed by atoms with van der Waals surface area (Å²) < 4.78 is 41.2. The minimum atomic E-state index is -3.16. The van der Waals surface area contributed by atoms with E-state index >= 15 is 0 Å². The van der Waals surface area contributed by atoms with Gasteiger partial charge in [-0.3, -0.25) is 0 Å². The van der Waals surface area contributed by atoms with Gasteiger partial charge in [-0.2, -0.15) is 4.31 Å². The molecule has 0 aliphatic carbocycles. The van der Waals surface area contributed by atoms with E-state index in [9.17, 15) is 8.42 Å². The molecule has 9 heteroatoms. The topological polar surface area (TPSA) is 90.9 Å². The van der Waals surface area contributed by atoms with Crippen LogP contribution in [0.4, 0.5) is 0 Å². The third-order valence-electron chi connectivity index (χ3n) is 5.89. The number of methoxy groups -OCH3 is 1. The minimum Gasteiger partial charge on any atom is -0.494 e. The largest absolute Gasteiger partial charge is 0.494 e. The molecule has 0 radical (unpaired) electrons. The van der Waals surface area contributed by atoms with Gasteiger partial charge in [-0.05, 0) is 48.1 Å². The molecule has 0 amide bonds. The molecule has 186 valence electrons. The van der Waals surface area contributed by atoms with Crippen LogP contribution in [-0.4, -0.2) is 56.0 Å². The number of aromatic nitrogens is 2. The predicted octanol–water partition coefficient (Wildman–Crippen LogP) is 3.59. The Morgan fingerprint density at radius 3 is 2.49 bits per heavy atom. The molecule has 0 fully saturated rings. The van der Waals surface area contributed by atoms with Crippen LogP contribution in [0.15, 0.2) is 54.9 Å². The van der Waals surface area contributed by atoms with Crippen LogP contribution in [0.1, 0.15) is 28.7 Å². The second kappa shape index (κ2) is 11.7. The Morgan fingerprint density at radius 1 is 1.00 bits per heavy atom. The van der Waals surface area contributed by atoms with Crippen molar-refractivity contribution in [3.63, 3.8) is 0 Å². The number of aryl methyl sites for hydroxylation is 1. The van der Waals surface area contributed by atoms with Gasteiger partial charge in [-0.1, -0.05) is 30.3 Å². The van der Waals surface area contributed by atoms with Gasteiger partial charge in [0.1, 0.15) is 12.5 Å². The molecule has 2 heterocycles. The smallest absolute Gasteiger partial charge is 0.211 e. The lowest BCUT2D eigenvalue weighted by Crippen LogP contribution is -2.35. The van der Waals surface area contributed by atoms with Crippen LogP contribution < -0.4 is 4.74 Å². The molecule has 8 nitrogen and oxygen atoms in total. The molecule has 1 aliphatic heterocycles. The van der Waals surface area contributed by atoms with E-state index in [1.54, 1.807) is 19.5 Å². The van der Waals surface area contributed by atoms with E-state index in [1.165, 1.54) is 16.1 Å². The van der Waals surface area contributed by atoms with E-state index < -0.39 is 10.0 Å². The first-order valence-electron chi connectivity index (χ1n) is 11.6. The van der Waals surface area contributed by atoms with E-state index in [-0.39, 0.29) is 6.79 Å². The summed E-state index contributed by atoms with van der Waals surface area (Å²) in [6.07, 6.45) is 7.31. The van der Waals surface area contributed by atoms with Crippen molar-refractivity contribution in [3.8, 4) is 17.1 Å². The number of nitrogens with zero attached hydrogens (tertiary/aromatic N) is 3. The fourth-order valence-electron chi connectivity index (χ4n) is 3.98. The van der Waals surface area contributed by atoms with Crippen LogP contribution in [0, 0.1) is 0 Å². The maximum Gasteiger partial charge on any atom is 0.211 e. The van der Waals surface area contributed by atoms with Crippen molar-refractivity contribution in [2.24, 2.45) is 0 Å². The molecule has 2 aromatic carbocycles. The monoisotopic (exact) mass is 497 g/mol. The van der Waals surface area contributed by atoms with Gasteiger partial charge in [0.25, 0.3) is 0 Å². The van der Waals surface area contributed by atoms with Gasteiger partial charge in [-0.25, -0.2) is 18.4 Å². The third kappa shape index (κ3) is 7.08. The normalized spacial score (nSPS) is 14.0. The summed E-state index contributed by atoms with van der Waals surface area (Å²) in [5.74, 6) is 1.52. The number of hydrogen-bond acceptors (Lipinski definition) is 7. The molecule has 4 rings (SSSR count). The zero-order valence-corrected chi connectivity index (χ0v) is 21.0. The summed E-state index contributed by atoms with van der Waals surface area (Å²) in [5, 5.41) is 0. The van der Waals surface area contributed by atoms with Crippen molar-refractivity contribution in [3.05, 3.63) is 77.1 Å². The van der Waals surface area contributed by atoms with Crippen LogP contribution in [-0.2, 0) is 45.5 Å².